The standard InChI is InChI=1S/C24H29F3N2O3/c1-2-3-4-5-6-7-8-17-31-22-15-13-21(14-16-22)29-23(30)32-28-18-19-9-11-20(12-10-19)24(25,26)27/h9-16,18H,2-8,17H2,1H3,(H,29,30)/b28-18+. The number of amides is 1. The molecule has 2 aromatic rings. The molecule has 0 unspecified atom stereocenters. The third-order valence-electron chi connectivity index (χ3n) is 4.69. The Labute approximate surface area is 186 Å². The normalized spacial score (nSPS) is 11.5. The molecule has 8 heteroatoms. The molecule has 5 nitrogen and oxygen atoms in total. The molecule has 174 valence electrons. The lowest BCUT2D eigenvalue weighted by molar-refractivity contribution is -0.137. The molecule has 0 radical (unpaired) electrons. The molecule has 0 saturated heterocycles. The Balaban J connectivity index is 1.66. The van der Waals surface area contributed by atoms with Crippen molar-refractivity contribution in [2.45, 2.75) is 58.0 Å². The Kier molecular flexibility index (Phi) is 10.6. The fraction of sp³-hybridized carbons (Fsp3) is 0.417. The predicted molar refractivity (Wildman–Crippen MR) is 119 cm³/mol. The van der Waals surface area contributed by atoms with Gasteiger partial charge in [0.15, 0.2) is 0 Å². The summed E-state index contributed by atoms with van der Waals surface area (Å²) in [5.74, 6) is 0.718. The molecule has 0 aromatic heterocycles. The number of nitrogens with zero attached hydrogens (tertiary/aromatic N) is 1. The summed E-state index contributed by atoms with van der Waals surface area (Å²) in [5.41, 5.74) is 0.111. The fourth-order valence-electron chi connectivity index (χ4n) is 2.92. The van der Waals surface area contributed by atoms with Gasteiger partial charge in [0.1, 0.15) is 5.75 Å². The largest absolute Gasteiger partial charge is 0.494 e. The maximum atomic E-state index is 12.5. The van der Waals surface area contributed by atoms with E-state index in [-0.39, 0.29) is 0 Å². The lowest BCUT2D eigenvalue weighted by Gasteiger charge is -2.08. The molecule has 1 N–H and O–H groups in total. The van der Waals surface area contributed by atoms with E-state index in [0.717, 1.165) is 36.9 Å². The third-order valence-corrected chi connectivity index (χ3v) is 4.69. The van der Waals surface area contributed by atoms with Crippen molar-refractivity contribution in [3.05, 3.63) is 59.7 Å². The minimum atomic E-state index is -4.40. The number of hydrogen-bond donors (Lipinski definition) is 1. The van der Waals surface area contributed by atoms with E-state index in [1.807, 2.05) is 0 Å². The van der Waals surface area contributed by atoms with Gasteiger partial charge in [0.25, 0.3) is 0 Å². The minimum absolute atomic E-state index is 0.369. The van der Waals surface area contributed by atoms with E-state index in [4.69, 9.17) is 4.74 Å². The van der Waals surface area contributed by atoms with E-state index >= 15 is 0 Å². The first kappa shape index (κ1) is 25.2. The fourth-order valence-corrected chi connectivity index (χ4v) is 2.92. The molecule has 0 bridgehead atoms. The third kappa shape index (κ3) is 9.85. The van der Waals surface area contributed by atoms with Crippen LogP contribution in [0.4, 0.5) is 23.7 Å². The number of oxime groups is 1. The molecule has 0 atom stereocenters. The average molecular weight is 451 g/mol. The highest BCUT2D eigenvalue weighted by Crippen LogP contribution is 2.28. The topological polar surface area (TPSA) is 59.9 Å². The molecule has 2 aromatic carbocycles. The number of anilines is 1. The van der Waals surface area contributed by atoms with Gasteiger partial charge in [0.05, 0.1) is 18.4 Å². The highest BCUT2D eigenvalue weighted by atomic mass is 19.4. The predicted octanol–water partition coefficient (Wildman–Crippen LogP) is 7.42. The van der Waals surface area contributed by atoms with Crippen LogP contribution in [0, 0.1) is 0 Å². The highest BCUT2D eigenvalue weighted by Gasteiger charge is 2.29. The molecule has 2 rings (SSSR count). The van der Waals surface area contributed by atoms with Crippen LogP contribution >= 0.6 is 0 Å². The smallest absolute Gasteiger partial charge is 0.437 e. The van der Waals surface area contributed by atoms with Crippen molar-refractivity contribution in [2.75, 3.05) is 11.9 Å². The van der Waals surface area contributed by atoms with Gasteiger partial charge < -0.3 is 4.74 Å². The van der Waals surface area contributed by atoms with Crippen LogP contribution in [0.5, 0.6) is 5.75 Å². The van der Waals surface area contributed by atoms with Crippen LogP contribution in [0.25, 0.3) is 0 Å². The van der Waals surface area contributed by atoms with Gasteiger partial charge >= 0.3 is 12.3 Å². The number of benzene rings is 2. The number of hydrogen-bond acceptors (Lipinski definition) is 4. The number of rotatable bonds is 12. The summed E-state index contributed by atoms with van der Waals surface area (Å²) >= 11 is 0. The monoisotopic (exact) mass is 450 g/mol. The number of unbranched alkanes of at least 4 members (excludes halogenated alkanes) is 6. The van der Waals surface area contributed by atoms with Crippen molar-refractivity contribution in [3.8, 4) is 5.75 Å². The highest BCUT2D eigenvalue weighted by molar-refractivity contribution is 5.85. The summed E-state index contributed by atoms with van der Waals surface area (Å²) in [5, 5.41) is 5.99. The molecule has 0 saturated carbocycles. The number of halogens is 3. The molecular formula is C24H29F3N2O3. The SMILES string of the molecule is CCCCCCCCCOc1ccc(NC(=O)O/N=C/c2ccc(C(F)(F)F)cc2)cc1. The van der Waals surface area contributed by atoms with E-state index in [9.17, 15) is 18.0 Å². The summed E-state index contributed by atoms with van der Waals surface area (Å²) in [6, 6.07) is 11.2. The van der Waals surface area contributed by atoms with Gasteiger partial charge in [0, 0.05) is 5.69 Å². The van der Waals surface area contributed by atoms with Crippen LogP contribution in [0.2, 0.25) is 0 Å². The van der Waals surface area contributed by atoms with Crippen molar-refractivity contribution in [2.24, 2.45) is 5.16 Å². The van der Waals surface area contributed by atoms with Crippen LogP contribution in [0.1, 0.15) is 63.0 Å². The molecular weight excluding hydrogens is 421 g/mol. The molecule has 0 spiro atoms. The summed E-state index contributed by atoms with van der Waals surface area (Å²) in [7, 11) is 0. The lowest BCUT2D eigenvalue weighted by Crippen LogP contribution is -2.10. The minimum Gasteiger partial charge on any atom is -0.494 e. The Morgan fingerprint density at radius 2 is 1.56 bits per heavy atom. The first-order chi connectivity index (χ1) is 15.4. The van der Waals surface area contributed by atoms with E-state index in [2.05, 4.69) is 22.2 Å². The Hall–Kier alpha value is -3.03. The molecule has 1 amide bonds. The summed E-state index contributed by atoms with van der Waals surface area (Å²) in [6.07, 6.45) is 4.46. The summed E-state index contributed by atoms with van der Waals surface area (Å²) in [4.78, 5) is 16.5. The van der Waals surface area contributed by atoms with E-state index in [1.54, 1.807) is 24.3 Å². The van der Waals surface area contributed by atoms with E-state index in [1.165, 1.54) is 44.2 Å². The van der Waals surface area contributed by atoms with Gasteiger partial charge in [-0.3, -0.25) is 10.2 Å². The maximum absolute atomic E-state index is 12.5. The second-order valence-electron chi connectivity index (χ2n) is 7.35. The summed E-state index contributed by atoms with van der Waals surface area (Å²) in [6.45, 7) is 2.86. The second kappa shape index (κ2) is 13.4. The van der Waals surface area contributed by atoms with Crippen LogP contribution in [0.15, 0.2) is 53.7 Å². The summed E-state index contributed by atoms with van der Waals surface area (Å²) < 4.78 is 43.3. The molecule has 0 aliphatic carbocycles. The van der Waals surface area contributed by atoms with Crippen molar-refractivity contribution >= 4 is 18.0 Å². The zero-order chi connectivity index (χ0) is 23.2. The Morgan fingerprint density at radius 3 is 2.19 bits per heavy atom. The zero-order valence-electron chi connectivity index (χ0n) is 18.2. The number of carbonyl (C=O) groups is 1. The second-order valence-corrected chi connectivity index (χ2v) is 7.35. The number of ether oxygens (including phenoxy) is 1. The lowest BCUT2D eigenvalue weighted by atomic mass is 10.1. The first-order valence-corrected chi connectivity index (χ1v) is 10.8. The molecule has 0 aliphatic rings. The van der Waals surface area contributed by atoms with Gasteiger partial charge in [-0.1, -0.05) is 62.7 Å². The van der Waals surface area contributed by atoms with Gasteiger partial charge in [0.2, 0.25) is 0 Å². The Bertz CT molecular complexity index is 835. The molecule has 0 heterocycles. The van der Waals surface area contributed by atoms with E-state index < -0.39 is 17.8 Å². The average Bonchev–Trinajstić information content (AvgIpc) is 2.76. The van der Waals surface area contributed by atoms with Crippen LogP contribution in [0.3, 0.4) is 0 Å². The van der Waals surface area contributed by atoms with Gasteiger partial charge in [-0.05, 0) is 48.4 Å². The van der Waals surface area contributed by atoms with Gasteiger partial charge in [-0.25, -0.2) is 4.79 Å². The van der Waals surface area contributed by atoms with Crippen molar-refractivity contribution < 1.29 is 27.5 Å². The van der Waals surface area contributed by atoms with Gasteiger partial charge in [-0.15, -0.1) is 0 Å². The van der Waals surface area contributed by atoms with Crippen LogP contribution < -0.4 is 10.1 Å². The van der Waals surface area contributed by atoms with Crippen molar-refractivity contribution in [1.82, 2.24) is 0 Å². The quantitative estimate of drug-likeness (QED) is 0.158. The molecule has 0 fully saturated rings. The number of nitrogens with one attached hydrogen (secondary N) is 1. The maximum Gasteiger partial charge on any atom is 0.437 e. The van der Waals surface area contributed by atoms with Crippen LogP contribution in [-0.2, 0) is 11.0 Å². The number of carbonyl (C=O) groups excluding carboxylic acids is 1. The van der Waals surface area contributed by atoms with Gasteiger partial charge in [-0.2, -0.15) is 13.2 Å². The van der Waals surface area contributed by atoms with Crippen molar-refractivity contribution in [1.29, 1.82) is 0 Å². The van der Waals surface area contributed by atoms with E-state index in [0.29, 0.717) is 17.9 Å². The number of alkyl halides is 3. The first-order valence-electron chi connectivity index (χ1n) is 10.8. The zero-order valence-corrected chi connectivity index (χ0v) is 18.2. The van der Waals surface area contributed by atoms with Crippen molar-refractivity contribution in [3.63, 3.8) is 0 Å². The molecule has 32 heavy (non-hydrogen) atoms. The van der Waals surface area contributed by atoms with Crippen LogP contribution in [-0.4, -0.2) is 18.9 Å². The molecule has 0 aliphatic heterocycles. The Morgan fingerprint density at radius 1 is 0.938 bits per heavy atom.